The Morgan fingerprint density at radius 3 is 2.14 bits per heavy atom. The average molecular weight is 521 g/mol. The first-order valence-electron chi connectivity index (χ1n) is 13.0. The Morgan fingerprint density at radius 2 is 1.44 bits per heavy atom. The molecule has 0 saturated heterocycles. The molecule has 0 N–H and O–H groups in total. The molecule has 0 radical (unpaired) electrons. The summed E-state index contributed by atoms with van der Waals surface area (Å²) < 4.78 is 2.44. The van der Waals surface area contributed by atoms with E-state index in [4.69, 9.17) is 28.2 Å². The van der Waals surface area contributed by atoms with Gasteiger partial charge >= 0.3 is 0 Å². The zero-order valence-electron chi connectivity index (χ0n) is 21.3. The van der Waals surface area contributed by atoms with Crippen molar-refractivity contribution in [3.05, 3.63) is 100 Å². The largest absolute Gasteiger partial charge is 0.326 e. The van der Waals surface area contributed by atoms with E-state index in [2.05, 4.69) is 77.9 Å². The maximum atomic E-state index is 6.57. The first-order chi connectivity index (χ1) is 17.6. The summed E-state index contributed by atoms with van der Waals surface area (Å²) in [5, 5.41) is 1.55. The van der Waals surface area contributed by atoms with E-state index in [1.54, 1.807) is 0 Å². The van der Waals surface area contributed by atoms with E-state index in [9.17, 15) is 0 Å². The molecule has 0 aliphatic heterocycles. The van der Waals surface area contributed by atoms with Crippen molar-refractivity contribution < 1.29 is 0 Å². The number of hydrogen-bond acceptors (Lipinski definition) is 2. The van der Waals surface area contributed by atoms with E-state index in [0.29, 0.717) is 0 Å². The van der Waals surface area contributed by atoms with Crippen LogP contribution in [0.4, 0.5) is 0 Å². The summed E-state index contributed by atoms with van der Waals surface area (Å²) in [7, 11) is 0. The van der Waals surface area contributed by atoms with Crippen LogP contribution in [-0.4, -0.2) is 21.0 Å². The van der Waals surface area contributed by atoms with E-state index in [0.717, 1.165) is 90.1 Å². The molecule has 36 heavy (non-hydrogen) atoms. The van der Waals surface area contributed by atoms with Crippen LogP contribution in [0.1, 0.15) is 50.8 Å². The van der Waals surface area contributed by atoms with Gasteiger partial charge in [-0.3, -0.25) is 4.90 Å². The van der Waals surface area contributed by atoms with Crippen LogP contribution in [0.3, 0.4) is 0 Å². The van der Waals surface area contributed by atoms with Gasteiger partial charge in [0.15, 0.2) is 0 Å². The molecule has 0 saturated carbocycles. The smallest absolute Gasteiger partial charge is 0.140 e. The minimum absolute atomic E-state index is 0.734. The molecule has 0 unspecified atom stereocenters. The van der Waals surface area contributed by atoms with Crippen molar-refractivity contribution in [3.63, 3.8) is 0 Å². The molecular formula is C31H35Cl2N3. The zero-order valence-corrected chi connectivity index (χ0v) is 22.8. The number of benzene rings is 3. The Kier molecular flexibility index (Phi) is 9.63. The van der Waals surface area contributed by atoms with Crippen molar-refractivity contribution in [1.82, 2.24) is 14.5 Å². The van der Waals surface area contributed by atoms with Crippen LogP contribution >= 0.6 is 23.2 Å². The molecule has 4 aromatic rings. The predicted molar refractivity (Wildman–Crippen MR) is 153 cm³/mol. The summed E-state index contributed by atoms with van der Waals surface area (Å²) in [4.78, 5) is 7.77. The van der Waals surface area contributed by atoms with Gasteiger partial charge in [0.05, 0.1) is 11.4 Å². The number of unbranched alkanes of at least 4 members (excludes halogenated alkanes) is 2. The van der Waals surface area contributed by atoms with Crippen molar-refractivity contribution in [2.75, 3.05) is 6.54 Å². The fourth-order valence-electron chi connectivity index (χ4n) is 4.53. The third-order valence-electron chi connectivity index (χ3n) is 6.51. The first kappa shape index (κ1) is 26.5. The molecule has 188 valence electrons. The van der Waals surface area contributed by atoms with Crippen LogP contribution in [0.15, 0.2) is 78.9 Å². The molecule has 0 aliphatic carbocycles. The zero-order chi connectivity index (χ0) is 25.3. The molecule has 5 heteroatoms. The molecule has 0 spiro atoms. The van der Waals surface area contributed by atoms with Crippen molar-refractivity contribution in [2.45, 2.75) is 59.2 Å². The van der Waals surface area contributed by atoms with E-state index in [1.165, 1.54) is 5.69 Å². The normalized spacial score (nSPS) is 11.4. The lowest BCUT2D eigenvalue weighted by atomic mass is 10.1. The van der Waals surface area contributed by atoms with Gasteiger partial charge in [-0.05, 0) is 43.1 Å². The van der Waals surface area contributed by atoms with Gasteiger partial charge in [0.25, 0.3) is 0 Å². The van der Waals surface area contributed by atoms with Gasteiger partial charge in [-0.25, -0.2) is 4.98 Å². The highest BCUT2D eigenvalue weighted by molar-refractivity contribution is 6.31. The van der Waals surface area contributed by atoms with Gasteiger partial charge in [0.2, 0.25) is 0 Å². The van der Waals surface area contributed by atoms with Crippen LogP contribution in [0.5, 0.6) is 0 Å². The number of rotatable bonds is 12. The Morgan fingerprint density at radius 1 is 0.750 bits per heavy atom. The molecule has 0 aliphatic rings. The SMILES string of the molecule is CCCCN(Cc1ccccc1Cl)Cc1c(-c2ccc(Cl)cc2)nc(-c2ccccc2)n1CCCC. The average Bonchev–Trinajstić information content (AvgIpc) is 3.26. The monoisotopic (exact) mass is 519 g/mol. The Hall–Kier alpha value is -2.59. The maximum absolute atomic E-state index is 6.57. The number of halogens is 2. The fourth-order valence-corrected chi connectivity index (χ4v) is 4.85. The third-order valence-corrected chi connectivity index (χ3v) is 7.13. The fraction of sp³-hybridized carbons (Fsp3) is 0.323. The lowest BCUT2D eigenvalue weighted by molar-refractivity contribution is 0.246. The molecule has 1 aromatic heterocycles. The minimum Gasteiger partial charge on any atom is -0.326 e. The van der Waals surface area contributed by atoms with Gasteiger partial charge < -0.3 is 4.57 Å². The molecule has 0 atom stereocenters. The van der Waals surface area contributed by atoms with Crippen molar-refractivity contribution in [1.29, 1.82) is 0 Å². The molecule has 3 nitrogen and oxygen atoms in total. The lowest BCUT2D eigenvalue weighted by Crippen LogP contribution is -2.26. The predicted octanol–water partition coefficient (Wildman–Crippen LogP) is 9.13. The van der Waals surface area contributed by atoms with Crippen LogP contribution in [0.25, 0.3) is 22.6 Å². The van der Waals surface area contributed by atoms with Crippen molar-refractivity contribution in [3.8, 4) is 22.6 Å². The van der Waals surface area contributed by atoms with E-state index in [1.807, 2.05) is 24.3 Å². The molecule has 0 amide bonds. The maximum Gasteiger partial charge on any atom is 0.140 e. The summed E-state index contributed by atoms with van der Waals surface area (Å²) in [6, 6.07) is 26.8. The number of aromatic nitrogens is 2. The van der Waals surface area contributed by atoms with Crippen LogP contribution in [0.2, 0.25) is 10.0 Å². The summed E-state index contributed by atoms with van der Waals surface area (Å²) in [6.07, 6.45) is 4.51. The molecule has 1 heterocycles. The molecule has 3 aromatic carbocycles. The molecule has 0 fully saturated rings. The van der Waals surface area contributed by atoms with Gasteiger partial charge in [-0.1, -0.05) is 111 Å². The minimum atomic E-state index is 0.734. The topological polar surface area (TPSA) is 21.1 Å². The lowest BCUT2D eigenvalue weighted by Gasteiger charge is -2.24. The second-order valence-corrected chi connectivity index (χ2v) is 10.1. The highest BCUT2D eigenvalue weighted by Crippen LogP contribution is 2.32. The van der Waals surface area contributed by atoms with Crippen LogP contribution in [0, 0.1) is 0 Å². The highest BCUT2D eigenvalue weighted by Gasteiger charge is 2.22. The number of imidazole rings is 1. The van der Waals surface area contributed by atoms with E-state index < -0.39 is 0 Å². The first-order valence-corrected chi connectivity index (χ1v) is 13.7. The second kappa shape index (κ2) is 13.1. The summed E-state index contributed by atoms with van der Waals surface area (Å²) >= 11 is 12.8. The molecule has 4 rings (SSSR count). The van der Waals surface area contributed by atoms with E-state index >= 15 is 0 Å². The van der Waals surface area contributed by atoms with Gasteiger partial charge in [0, 0.05) is 40.8 Å². The molecular weight excluding hydrogens is 485 g/mol. The Bertz CT molecular complexity index is 1230. The molecule has 0 bridgehead atoms. The standard InChI is InChI=1S/C31H35Cl2N3/c1-3-5-20-35(22-26-14-10-11-15-28(26)33)23-29-30(24-16-18-27(32)19-17-24)34-31(36(29)21-6-4-2)25-12-8-7-9-13-25/h7-19H,3-6,20-23H2,1-2H3. The van der Waals surface area contributed by atoms with E-state index in [-0.39, 0.29) is 0 Å². The second-order valence-electron chi connectivity index (χ2n) is 9.26. The van der Waals surface area contributed by atoms with Gasteiger partial charge in [-0.2, -0.15) is 0 Å². The third kappa shape index (κ3) is 6.59. The number of nitrogens with zero attached hydrogens (tertiary/aromatic N) is 3. The Balaban J connectivity index is 1.82. The highest BCUT2D eigenvalue weighted by atomic mass is 35.5. The Labute approximate surface area is 225 Å². The summed E-state index contributed by atoms with van der Waals surface area (Å²) in [6.45, 7) is 8.02. The van der Waals surface area contributed by atoms with Crippen LogP contribution in [-0.2, 0) is 19.6 Å². The van der Waals surface area contributed by atoms with Gasteiger partial charge in [-0.15, -0.1) is 0 Å². The summed E-state index contributed by atoms with van der Waals surface area (Å²) in [5.74, 6) is 1.03. The summed E-state index contributed by atoms with van der Waals surface area (Å²) in [5.41, 5.74) is 5.66. The quantitative estimate of drug-likeness (QED) is 0.186. The van der Waals surface area contributed by atoms with Gasteiger partial charge in [0.1, 0.15) is 5.82 Å². The van der Waals surface area contributed by atoms with Crippen molar-refractivity contribution >= 4 is 23.2 Å². The van der Waals surface area contributed by atoms with Crippen molar-refractivity contribution in [2.24, 2.45) is 0 Å². The van der Waals surface area contributed by atoms with Crippen LogP contribution < -0.4 is 0 Å². The number of hydrogen-bond donors (Lipinski definition) is 0.